The van der Waals surface area contributed by atoms with Crippen LogP contribution in [0.2, 0.25) is 0 Å². The quantitative estimate of drug-likeness (QED) is 0.551. The van der Waals surface area contributed by atoms with Crippen LogP contribution < -0.4 is 0 Å². The lowest BCUT2D eigenvalue weighted by Gasteiger charge is -2.11. The minimum absolute atomic E-state index is 0.757. The third kappa shape index (κ3) is 3.49. The van der Waals surface area contributed by atoms with Crippen LogP contribution in [0.3, 0.4) is 0 Å². The van der Waals surface area contributed by atoms with Gasteiger partial charge in [0.1, 0.15) is 10.2 Å². The summed E-state index contributed by atoms with van der Waals surface area (Å²) < 4.78 is 0. The Morgan fingerprint density at radius 2 is 1.50 bits per heavy atom. The molecule has 10 heavy (non-hydrogen) atoms. The topological polar surface area (TPSA) is 17.1 Å². The van der Waals surface area contributed by atoms with Crippen LogP contribution in [0.1, 0.15) is 0 Å². The van der Waals surface area contributed by atoms with Gasteiger partial charge in [-0.25, -0.2) is 0 Å². The average molecular weight is 244 g/mol. The Morgan fingerprint density at radius 3 is 1.60 bits per heavy atom. The van der Waals surface area contributed by atoms with E-state index in [0.717, 1.165) is 0 Å². The lowest BCUT2D eigenvalue weighted by Crippen LogP contribution is -2.26. The van der Waals surface area contributed by atoms with Crippen LogP contribution in [0.15, 0.2) is 0 Å². The summed E-state index contributed by atoms with van der Waals surface area (Å²) in [7, 11) is 0. The van der Waals surface area contributed by atoms with E-state index in [1.807, 2.05) is 0 Å². The summed E-state index contributed by atoms with van der Waals surface area (Å²) in [5, 5.41) is -2.65. The van der Waals surface area contributed by atoms with Crippen molar-refractivity contribution in [2.75, 3.05) is 0 Å². The Hall–Kier alpha value is 1.12. The van der Waals surface area contributed by atoms with Crippen molar-refractivity contribution in [1.29, 1.82) is 0 Å². The van der Waals surface area contributed by atoms with E-state index in [1.165, 1.54) is 0 Å². The maximum atomic E-state index is 10.3. The van der Waals surface area contributed by atoms with Crippen LogP contribution in [0.25, 0.3) is 0 Å². The molecule has 0 aromatic heterocycles. The highest BCUT2D eigenvalue weighted by atomic mass is 35.5. The second kappa shape index (κ2) is 4.89. The molecule has 0 rings (SSSR count). The minimum atomic E-state index is -1.04. The van der Waals surface area contributed by atoms with Crippen LogP contribution in [0.4, 0.5) is 0 Å². The van der Waals surface area contributed by atoms with Gasteiger partial charge in [0, 0.05) is 0 Å². The normalized spacial score (nSPS) is 17.0. The molecule has 0 aromatic rings. The molecule has 2 atom stereocenters. The zero-order chi connectivity index (χ0) is 8.31. The van der Waals surface area contributed by atoms with Crippen LogP contribution in [-0.2, 0) is 4.79 Å². The highest BCUT2D eigenvalue weighted by Gasteiger charge is 2.27. The average Bonchev–Trinajstić information content (AvgIpc) is 1.84. The molecule has 0 saturated heterocycles. The number of carbonyl (C=O) groups excluding carboxylic acids is 1. The van der Waals surface area contributed by atoms with Gasteiger partial charge in [-0.3, -0.25) is 4.79 Å². The van der Waals surface area contributed by atoms with E-state index >= 15 is 0 Å². The highest BCUT2D eigenvalue weighted by Crippen LogP contribution is 2.22. The molecule has 6 heteroatoms. The molecular formula is C4H3Cl5O. The largest absolute Gasteiger partial charge is 0.280 e. The lowest BCUT2D eigenvalue weighted by atomic mass is 10.3. The number of hydrogen-bond acceptors (Lipinski definition) is 1. The molecule has 1 nitrogen and oxygen atoms in total. The number of halogens is 5. The van der Waals surface area contributed by atoms with Gasteiger partial charge in [-0.05, 0) is 11.6 Å². The molecule has 0 saturated carbocycles. The maximum absolute atomic E-state index is 10.3. The first-order valence-electron chi connectivity index (χ1n) is 2.22. The van der Waals surface area contributed by atoms with E-state index in [1.54, 1.807) is 0 Å². The van der Waals surface area contributed by atoms with Crippen molar-refractivity contribution in [3.8, 4) is 0 Å². The van der Waals surface area contributed by atoms with Crippen LogP contribution in [0.5, 0.6) is 0 Å². The summed E-state index contributed by atoms with van der Waals surface area (Å²) in [5.74, 6) is 0. The summed E-state index contributed by atoms with van der Waals surface area (Å²) in [4.78, 5) is 9.42. The second-order valence-corrected chi connectivity index (χ2v) is 4.00. The lowest BCUT2D eigenvalue weighted by molar-refractivity contribution is -0.111. The zero-order valence-corrected chi connectivity index (χ0v) is 8.31. The predicted molar refractivity (Wildman–Crippen MR) is 45.6 cm³/mol. The van der Waals surface area contributed by atoms with E-state index in [2.05, 4.69) is 0 Å². The molecule has 0 N–H and O–H groups in total. The summed E-state index contributed by atoms with van der Waals surface area (Å²) in [6.07, 6.45) is 0. The van der Waals surface area contributed by atoms with Crippen molar-refractivity contribution in [3.63, 3.8) is 0 Å². The fourth-order valence-corrected chi connectivity index (χ4v) is 1.15. The number of alkyl halides is 4. The Balaban J connectivity index is 3.94. The first kappa shape index (κ1) is 11.1. The van der Waals surface area contributed by atoms with Gasteiger partial charge < -0.3 is 0 Å². The Bertz CT molecular complexity index is 125. The van der Waals surface area contributed by atoms with Crippen molar-refractivity contribution in [1.82, 2.24) is 0 Å². The maximum Gasteiger partial charge on any atom is 0.241 e. The summed E-state index contributed by atoms with van der Waals surface area (Å²) >= 11 is 26.4. The standard InChI is InChI=1S/C4H3Cl5O/c5-1(3(7)8)2(6)4(9)10/h1-3H. The van der Waals surface area contributed by atoms with Crippen LogP contribution in [-0.4, -0.2) is 20.8 Å². The van der Waals surface area contributed by atoms with Gasteiger partial charge >= 0.3 is 0 Å². The zero-order valence-electron chi connectivity index (χ0n) is 4.53. The molecule has 0 heterocycles. The van der Waals surface area contributed by atoms with Gasteiger partial charge in [-0.15, -0.1) is 46.4 Å². The second-order valence-electron chi connectivity index (χ2n) is 1.48. The van der Waals surface area contributed by atoms with Gasteiger partial charge in [0.2, 0.25) is 5.24 Å². The molecule has 0 bridgehead atoms. The van der Waals surface area contributed by atoms with Crippen molar-refractivity contribution in [2.24, 2.45) is 0 Å². The van der Waals surface area contributed by atoms with Gasteiger partial charge in [0.15, 0.2) is 0 Å². The van der Waals surface area contributed by atoms with Crippen molar-refractivity contribution < 1.29 is 4.79 Å². The number of rotatable bonds is 3. The van der Waals surface area contributed by atoms with E-state index in [-0.39, 0.29) is 0 Å². The van der Waals surface area contributed by atoms with E-state index in [9.17, 15) is 4.79 Å². The smallest absolute Gasteiger partial charge is 0.241 e. The predicted octanol–water partition coefficient (Wildman–Crippen LogP) is 2.77. The first-order chi connectivity index (χ1) is 4.46. The third-order valence-electron chi connectivity index (χ3n) is 0.737. The molecule has 60 valence electrons. The van der Waals surface area contributed by atoms with Gasteiger partial charge in [0.05, 0.1) is 5.38 Å². The Morgan fingerprint density at radius 1 is 1.10 bits per heavy atom. The fourth-order valence-electron chi connectivity index (χ4n) is 0.253. The molecule has 0 fully saturated rings. The minimum Gasteiger partial charge on any atom is -0.280 e. The molecular weight excluding hydrogens is 241 g/mol. The SMILES string of the molecule is O=C(Cl)C(Cl)C(Cl)C(Cl)Cl. The Labute approximate surface area is 83.5 Å². The van der Waals surface area contributed by atoms with Gasteiger partial charge in [0.25, 0.3) is 0 Å². The highest BCUT2D eigenvalue weighted by molar-refractivity contribution is 6.70. The van der Waals surface area contributed by atoms with E-state index in [4.69, 9.17) is 58.0 Å². The van der Waals surface area contributed by atoms with Crippen molar-refractivity contribution in [2.45, 2.75) is 15.6 Å². The first-order valence-corrected chi connectivity index (χ1v) is 4.35. The monoisotopic (exact) mass is 242 g/mol. The van der Waals surface area contributed by atoms with E-state index in [0.29, 0.717) is 0 Å². The number of carbonyl (C=O) groups is 1. The molecule has 0 aliphatic carbocycles. The fraction of sp³-hybridized carbons (Fsp3) is 0.750. The third-order valence-corrected chi connectivity index (χ3v) is 2.99. The molecule has 0 aliphatic heterocycles. The Kier molecular flexibility index (Phi) is 5.44. The molecule has 0 amide bonds. The van der Waals surface area contributed by atoms with Gasteiger partial charge in [-0.1, -0.05) is 0 Å². The molecule has 0 radical (unpaired) electrons. The summed E-state index contributed by atoms with van der Waals surface area (Å²) in [6, 6.07) is 0. The molecule has 0 aliphatic rings. The summed E-state index contributed by atoms with van der Waals surface area (Å²) in [5.41, 5.74) is 0. The van der Waals surface area contributed by atoms with Crippen molar-refractivity contribution >= 4 is 63.2 Å². The van der Waals surface area contributed by atoms with E-state index < -0.39 is 20.8 Å². The van der Waals surface area contributed by atoms with Gasteiger partial charge in [-0.2, -0.15) is 0 Å². The van der Waals surface area contributed by atoms with Crippen LogP contribution >= 0.6 is 58.0 Å². The molecule has 0 spiro atoms. The van der Waals surface area contributed by atoms with Crippen molar-refractivity contribution in [3.05, 3.63) is 0 Å². The molecule has 0 aromatic carbocycles. The van der Waals surface area contributed by atoms with Crippen LogP contribution in [0, 0.1) is 0 Å². The number of hydrogen-bond donors (Lipinski definition) is 0. The summed E-state index contributed by atoms with van der Waals surface area (Å²) in [6.45, 7) is 0. The molecule has 2 unspecified atom stereocenters.